The molecule has 4 aromatic carbocycles. The third-order valence-corrected chi connectivity index (χ3v) is 17.0. The van der Waals surface area contributed by atoms with Gasteiger partial charge in [-0.1, -0.05) is 97.1 Å². The lowest BCUT2D eigenvalue weighted by Crippen LogP contribution is -2.57. The number of hydrogen-bond acceptors (Lipinski definition) is 13. The minimum atomic E-state index is -1.18. The molecule has 6 aromatic rings. The van der Waals surface area contributed by atoms with Crippen molar-refractivity contribution in [2.24, 2.45) is 0 Å². The molecule has 4 aliphatic rings. The molecule has 0 saturated carbocycles. The fourth-order valence-corrected chi connectivity index (χ4v) is 11.9. The second-order valence-electron chi connectivity index (χ2n) is 21.8. The maximum Gasteiger partial charge on any atom is 0.410 e. The van der Waals surface area contributed by atoms with Crippen LogP contribution in [-0.2, 0) is 43.6 Å². The highest BCUT2D eigenvalue weighted by Crippen LogP contribution is 2.45. The Labute approximate surface area is 482 Å². The van der Waals surface area contributed by atoms with Crippen LogP contribution < -0.4 is 10.6 Å². The highest BCUT2D eigenvalue weighted by molar-refractivity contribution is 5.88. The number of benzene rings is 4. The van der Waals surface area contributed by atoms with Gasteiger partial charge in [-0.05, 0) is 111 Å². The second kappa shape index (κ2) is 25.3. The normalized spacial score (nSPS) is 20.5. The molecule has 7 atom stereocenters. The molecule has 0 bridgehead atoms. The first kappa shape index (κ1) is 59.1. The minimum absolute atomic E-state index is 0.0231. The zero-order valence-corrected chi connectivity index (χ0v) is 48.1. The average molecular weight is 1140 g/mol. The summed E-state index contributed by atoms with van der Waals surface area (Å²) in [5.74, 6) is -0.173. The van der Waals surface area contributed by atoms with Crippen molar-refractivity contribution in [3.8, 4) is 44.8 Å². The third-order valence-electron chi connectivity index (χ3n) is 17.0. The first-order valence-corrected chi connectivity index (χ1v) is 28.0. The number of imidazole rings is 2. The summed E-state index contributed by atoms with van der Waals surface area (Å²) in [6, 6.07) is 30.5. The Bertz CT molecular complexity index is 3270. The molecule has 5 heterocycles. The molecule has 83 heavy (non-hydrogen) atoms. The number of aliphatic carboxylic acids is 1. The van der Waals surface area contributed by atoms with E-state index in [4.69, 9.17) is 28.7 Å². The van der Waals surface area contributed by atoms with Crippen LogP contribution in [0.4, 0.5) is 14.4 Å². The molecular weight excluding hydrogens is 1060 g/mol. The Morgan fingerprint density at radius 1 is 0.639 bits per heavy atom. The number of rotatable bonds is 16. The number of carbonyl (C=O) groups is 6. The summed E-state index contributed by atoms with van der Waals surface area (Å²) in [5, 5.41) is 14.7. The topological polar surface area (TPSA) is 260 Å². The van der Waals surface area contributed by atoms with Gasteiger partial charge in [-0.3, -0.25) is 14.5 Å². The van der Waals surface area contributed by atoms with E-state index in [-0.39, 0.29) is 30.4 Å². The minimum Gasteiger partial charge on any atom is -0.480 e. The second-order valence-corrected chi connectivity index (χ2v) is 21.8. The Morgan fingerprint density at radius 2 is 1.14 bits per heavy atom. The number of nitrogens with zero attached hydrogens (tertiary/aromatic N) is 5. The van der Waals surface area contributed by atoms with Crippen LogP contribution in [0, 0.1) is 0 Å². The van der Waals surface area contributed by atoms with Crippen molar-refractivity contribution < 1.29 is 57.6 Å². The smallest absolute Gasteiger partial charge is 0.410 e. The molecule has 3 fully saturated rings. The number of H-pyrrole nitrogens is 2. The largest absolute Gasteiger partial charge is 0.480 e. The Kier molecular flexibility index (Phi) is 18.0. The zero-order valence-electron chi connectivity index (χ0n) is 48.1. The molecule has 10 rings (SSSR count). The van der Waals surface area contributed by atoms with E-state index in [0.29, 0.717) is 50.5 Å². The third kappa shape index (κ3) is 12.0. The van der Waals surface area contributed by atoms with Gasteiger partial charge in [0.05, 0.1) is 61.8 Å². The van der Waals surface area contributed by atoms with Gasteiger partial charge in [0.15, 0.2) is 0 Å². The molecule has 3 aliphatic heterocycles. The predicted molar refractivity (Wildman–Crippen MR) is 308 cm³/mol. The van der Waals surface area contributed by atoms with Gasteiger partial charge in [-0.2, -0.15) is 0 Å². The summed E-state index contributed by atoms with van der Waals surface area (Å²) in [4.78, 5) is 96.8. The average Bonchev–Trinajstić information content (AvgIpc) is 4.35. The Morgan fingerprint density at radius 3 is 1.70 bits per heavy atom. The molecule has 21 nitrogen and oxygen atoms in total. The van der Waals surface area contributed by atoms with E-state index >= 15 is 0 Å². The van der Waals surface area contributed by atoms with E-state index < -0.39 is 59.6 Å². The Balaban J connectivity index is 0.000000263. The summed E-state index contributed by atoms with van der Waals surface area (Å²) in [5.41, 5.74) is 8.35. The first-order valence-electron chi connectivity index (χ1n) is 28.0. The molecule has 1 unspecified atom stereocenters. The maximum atomic E-state index is 13.8. The van der Waals surface area contributed by atoms with Crippen molar-refractivity contribution in [2.45, 2.75) is 114 Å². The van der Waals surface area contributed by atoms with Crippen LogP contribution in [-0.4, -0.2) is 160 Å². The number of hydrogen-bond donors (Lipinski definition) is 5. The summed E-state index contributed by atoms with van der Waals surface area (Å²) in [6.45, 7) is 8.71. The van der Waals surface area contributed by atoms with E-state index in [1.54, 1.807) is 43.0 Å². The highest BCUT2D eigenvalue weighted by atomic mass is 16.6. The van der Waals surface area contributed by atoms with Crippen LogP contribution in [0.1, 0.15) is 101 Å². The lowest BCUT2D eigenvalue weighted by Gasteiger charge is -2.37. The van der Waals surface area contributed by atoms with Crippen molar-refractivity contribution >= 4 is 36.1 Å². The maximum absolute atomic E-state index is 13.8. The fourth-order valence-electron chi connectivity index (χ4n) is 11.9. The molecule has 5 N–H and O–H groups in total. The van der Waals surface area contributed by atoms with Crippen LogP contribution >= 0.6 is 0 Å². The van der Waals surface area contributed by atoms with Crippen LogP contribution in [0.15, 0.2) is 109 Å². The van der Waals surface area contributed by atoms with Crippen LogP contribution in [0.2, 0.25) is 0 Å². The van der Waals surface area contributed by atoms with Gasteiger partial charge in [-0.25, -0.2) is 29.1 Å². The highest BCUT2D eigenvalue weighted by Gasteiger charge is 2.48. The number of fused-ring (bicyclic) bond motifs is 3. The molecule has 0 radical (unpaired) electrons. The number of methoxy groups -OCH3 is 4. The van der Waals surface area contributed by atoms with E-state index in [1.807, 2.05) is 55.5 Å². The number of carboxylic acid groups (broad SMARTS) is 1. The number of nitrogens with one attached hydrogen (secondary N) is 4. The molecule has 21 heteroatoms. The SMILES string of the molecule is COC(=O)N[C@H](C(=O)N1CCCC1c1ncc(-c2ccc(-c3ccc(-c4cnc([C@]5(C)CCCN5C(=O)[C@@H](NC(=O)OC)[C@@H](C)OC)[nH]4)cc3)cc2)[nH]1)[C@@H](C)OC.C[C@@]1(C(=O)O)CCCN1C(=O)OCC1c2ccccc2-c2ccccc21. The number of aromatic nitrogens is 4. The van der Waals surface area contributed by atoms with Gasteiger partial charge >= 0.3 is 24.2 Å². The van der Waals surface area contributed by atoms with Crippen molar-refractivity contribution in [1.29, 1.82) is 0 Å². The monoisotopic (exact) mass is 1140 g/mol. The van der Waals surface area contributed by atoms with Gasteiger partial charge in [0.2, 0.25) is 11.8 Å². The summed E-state index contributed by atoms with van der Waals surface area (Å²) in [6.07, 6.45) is 4.64. The van der Waals surface area contributed by atoms with Crippen molar-refractivity contribution in [3.05, 3.63) is 132 Å². The summed E-state index contributed by atoms with van der Waals surface area (Å²) < 4.78 is 25.9. The van der Waals surface area contributed by atoms with Gasteiger partial charge in [0, 0.05) is 39.8 Å². The van der Waals surface area contributed by atoms with E-state index in [2.05, 4.69) is 74.1 Å². The van der Waals surface area contributed by atoms with E-state index in [1.165, 1.54) is 44.5 Å². The fraction of sp³-hybridized carbons (Fsp3) is 0.419. The number of ether oxygens (including phenoxy) is 5. The summed E-state index contributed by atoms with van der Waals surface area (Å²) >= 11 is 0. The molecule has 2 aromatic heterocycles. The van der Waals surface area contributed by atoms with Crippen LogP contribution in [0.5, 0.6) is 0 Å². The Hall–Kier alpha value is -8.56. The number of likely N-dealkylation sites (tertiary alicyclic amines) is 3. The van der Waals surface area contributed by atoms with Crippen LogP contribution in [0.3, 0.4) is 0 Å². The number of carbonyl (C=O) groups excluding carboxylic acids is 5. The molecule has 5 amide bonds. The van der Waals surface area contributed by atoms with E-state index in [9.17, 15) is 33.9 Å². The molecule has 1 aliphatic carbocycles. The standard InChI is InChI=1S/C41H52N8O8.C21H21NO4/c1-24(54-4)33(46-39(52)56-6)36(50)48-20-8-10-32(48)35-42-22-30(44-35)28-15-11-26(12-16-28)27-13-17-29(18-14-27)31-23-43-38(45-31)41(3)19-9-21-49(41)37(51)34(25(2)55-5)47-40(53)57-7;1-21(19(23)24)11-6-12-22(21)20(25)26-13-18-16-9-4-2-7-14(16)15-8-3-5-10-17(15)18/h11-18,22-25,32-34H,8-10,19-21H2,1-7H3,(H,42,44)(H,43,45)(H,46,52)(H,47,53);2-5,7-10,18H,6,11-13H2,1H3,(H,23,24)/t24-,25-,32?,33+,34+,41+;21-/m10/s1. The quantitative estimate of drug-likeness (QED) is 0.0567. The van der Waals surface area contributed by atoms with Crippen molar-refractivity contribution in [3.63, 3.8) is 0 Å². The van der Waals surface area contributed by atoms with Crippen LogP contribution in [0.25, 0.3) is 44.8 Å². The van der Waals surface area contributed by atoms with Crippen molar-refractivity contribution in [2.75, 3.05) is 54.7 Å². The number of amides is 5. The van der Waals surface area contributed by atoms with Gasteiger partial charge < -0.3 is 59.2 Å². The predicted octanol–water partition coefficient (Wildman–Crippen LogP) is 9.03. The molecule has 438 valence electrons. The molecular formula is C62H73N9O12. The van der Waals surface area contributed by atoms with Gasteiger partial charge in [0.1, 0.15) is 35.9 Å². The number of alkyl carbamates (subject to hydrolysis) is 2. The number of carboxylic acids is 1. The molecule has 3 saturated heterocycles. The molecule has 0 spiro atoms. The number of aromatic amines is 2. The zero-order chi connectivity index (χ0) is 59.2. The van der Waals surface area contributed by atoms with Gasteiger partial charge in [-0.15, -0.1) is 0 Å². The lowest BCUT2D eigenvalue weighted by molar-refractivity contribution is -0.147. The first-order chi connectivity index (χ1) is 39.9. The van der Waals surface area contributed by atoms with E-state index in [0.717, 1.165) is 64.0 Å². The van der Waals surface area contributed by atoms with Crippen molar-refractivity contribution in [1.82, 2.24) is 45.3 Å². The summed E-state index contributed by atoms with van der Waals surface area (Å²) in [7, 11) is 5.50. The van der Waals surface area contributed by atoms with Gasteiger partial charge in [0.25, 0.3) is 0 Å². The lowest BCUT2D eigenvalue weighted by atomic mass is 9.96.